The molecular weight excluding hydrogens is 294 g/mol. The zero-order chi connectivity index (χ0) is 16.0. The largest absolute Gasteiger partial charge is 0.462 e. The fourth-order valence-electron chi connectivity index (χ4n) is 1.50. The van der Waals surface area contributed by atoms with Crippen molar-refractivity contribution in [2.45, 2.75) is 31.8 Å². The van der Waals surface area contributed by atoms with Crippen LogP contribution >= 0.6 is 0 Å². The summed E-state index contributed by atoms with van der Waals surface area (Å²) in [5, 5.41) is 9.62. The predicted octanol–water partition coefficient (Wildman–Crippen LogP) is 1.16. The van der Waals surface area contributed by atoms with Gasteiger partial charge in [-0.25, -0.2) is 17.9 Å². The van der Waals surface area contributed by atoms with Crippen LogP contribution in [0.2, 0.25) is 0 Å². The molecule has 0 spiro atoms. The van der Waals surface area contributed by atoms with Crippen LogP contribution in [0, 0.1) is 5.92 Å². The SMILES string of the molecule is CCOC(=O)c1ccc(S(=O)(=O)NCC(O)C(C)C)cc1. The van der Waals surface area contributed by atoms with Crippen LogP contribution in [-0.4, -0.2) is 38.7 Å². The quantitative estimate of drug-likeness (QED) is 0.737. The highest BCUT2D eigenvalue weighted by atomic mass is 32.2. The first-order valence-electron chi connectivity index (χ1n) is 6.73. The van der Waals surface area contributed by atoms with Crippen molar-refractivity contribution in [3.8, 4) is 0 Å². The molecule has 0 heterocycles. The second-order valence-corrected chi connectivity index (χ2v) is 6.68. The number of esters is 1. The van der Waals surface area contributed by atoms with Crippen molar-refractivity contribution in [2.24, 2.45) is 5.92 Å². The molecule has 6 nitrogen and oxygen atoms in total. The van der Waals surface area contributed by atoms with Crippen molar-refractivity contribution in [1.82, 2.24) is 4.72 Å². The molecule has 2 N–H and O–H groups in total. The summed E-state index contributed by atoms with van der Waals surface area (Å²) in [5.41, 5.74) is 0.290. The van der Waals surface area contributed by atoms with E-state index in [-0.39, 0.29) is 29.5 Å². The number of sulfonamides is 1. The number of hydrogen-bond acceptors (Lipinski definition) is 5. The maximum atomic E-state index is 12.0. The average Bonchev–Trinajstić information content (AvgIpc) is 2.45. The second-order valence-electron chi connectivity index (χ2n) is 4.91. The molecule has 0 radical (unpaired) electrons. The zero-order valence-electron chi connectivity index (χ0n) is 12.4. The summed E-state index contributed by atoms with van der Waals surface area (Å²) < 4.78 is 31.2. The summed E-state index contributed by atoms with van der Waals surface area (Å²) in [4.78, 5) is 11.5. The van der Waals surface area contributed by atoms with Gasteiger partial charge in [-0.1, -0.05) is 13.8 Å². The average molecular weight is 315 g/mol. The van der Waals surface area contributed by atoms with E-state index in [1.807, 2.05) is 0 Å². The van der Waals surface area contributed by atoms with Crippen molar-refractivity contribution in [3.05, 3.63) is 29.8 Å². The number of carbonyl (C=O) groups excluding carboxylic acids is 1. The Labute approximate surface area is 125 Å². The Kier molecular flexibility index (Phi) is 6.32. The van der Waals surface area contributed by atoms with Crippen LogP contribution in [0.25, 0.3) is 0 Å². The maximum Gasteiger partial charge on any atom is 0.338 e. The van der Waals surface area contributed by atoms with E-state index >= 15 is 0 Å². The first-order chi connectivity index (χ1) is 9.77. The van der Waals surface area contributed by atoms with Crippen LogP contribution in [0.1, 0.15) is 31.1 Å². The Balaban J connectivity index is 2.78. The fraction of sp³-hybridized carbons (Fsp3) is 0.500. The molecule has 1 unspecified atom stereocenters. The molecule has 1 atom stereocenters. The van der Waals surface area contributed by atoms with Gasteiger partial charge < -0.3 is 9.84 Å². The molecule has 0 aliphatic rings. The molecule has 0 bridgehead atoms. The number of aliphatic hydroxyl groups is 1. The van der Waals surface area contributed by atoms with Gasteiger partial charge in [-0.3, -0.25) is 0 Å². The Morgan fingerprint density at radius 1 is 1.29 bits per heavy atom. The van der Waals surface area contributed by atoms with E-state index in [0.717, 1.165) is 0 Å². The van der Waals surface area contributed by atoms with Crippen LogP contribution in [0.15, 0.2) is 29.2 Å². The molecule has 0 amide bonds. The molecule has 7 heteroatoms. The third-order valence-electron chi connectivity index (χ3n) is 2.93. The summed E-state index contributed by atoms with van der Waals surface area (Å²) in [6.45, 7) is 5.49. The van der Waals surface area contributed by atoms with E-state index < -0.39 is 22.1 Å². The Morgan fingerprint density at radius 3 is 2.33 bits per heavy atom. The van der Waals surface area contributed by atoms with Crippen LogP contribution in [-0.2, 0) is 14.8 Å². The predicted molar refractivity (Wildman–Crippen MR) is 78.4 cm³/mol. The van der Waals surface area contributed by atoms with Crippen molar-refractivity contribution >= 4 is 16.0 Å². The topological polar surface area (TPSA) is 92.7 Å². The Hall–Kier alpha value is -1.44. The van der Waals surface area contributed by atoms with Crippen LogP contribution in [0.3, 0.4) is 0 Å². The monoisotopic (exact) mass is 315 g/mol. The lowest BCUT2D eigenvalue weighted by Crippen LogP contribution is -2.34. The maximum absolute atomic E-state index is 12.0. The first-order valence-corrected chi connectivity index (χ1v) is 8.21. The summed E-state index contributed by atoms with van der Waals surface area (Å²) in [6, 6.07) is 5.45. The van der Waals surface area contributed by atoms with E-state index in [1.165, 1.54) is 24.3 Å². The van der Waals surface area contributed by atoms with Crippen molar-refractivity contribution in [2.75, 3.05) is 13.2 Å². The number of nitrogens with one attached hydrogen (secondary N) is 1. The number of benzene rings is 1. The Morgan fingerprint density at radius 2 is 1.86 bits per heavy atom. The van der Waals surface area contributed by atoms with E-state index in [9.17, 15) is 18.3 Å². The summed E-state index contributed by atoms with van der Waals surface area (Å²) in [7, 11) is -3.71. The van der Waals surface area contributed by atoms with Gasteiger partial charge in [-0.05, 0) is 37.1 Å². The van der Waals surface area contributed by atoms with Gasteiger partial charge in [0.1, 0.15) is 0 Å². The fourth-order valence-corrected chi connectivity index (χ4v) is 2.55. The molecule has 1 aromatic carbocycles. The summed E-state index contributed by atoms with van der Waals surface area (Å²) in [6.07, 6.45) is -0.751. The minimum absolute atomic E-state index is 0.0338. The molecule has 0 aliphatic heterocycles. The minimum atomic E-state index is -3.71. The number of hydrogen-bond donors (Lipinski definition) is 2. The highest BCUT2D eigenvalue weighted by Crippen LogP contribution is 2.12. The molecule has 0 fully saturated rings. The van der Waals surface area contributed by atoms with Gasteiger partial charge in [-0.2, -0.15) is 0 Å². The smallest absolute Gasteiger partial charge is 0.338 e. The van der Waals surface area contributed by atoms with E-state index in [2.05, 4.69) is 4.72 Å². The number of aliphatic hydroxyl groups excluding tert-OH is 1. The van der Waals surface area contributed by atoms with Crippen molar-refractivity contribution in [1.29, 1.82) is 0 Å². The normalized spacial score (nSPS) is 13.2. The lowest BCUT2D eigenvalue weighted by molar-refractivity contribution is 0.0526. The third kappa shape index (κ3) is 5.11. The summed E-state index contributed by atoms with van der Waals surface area (Å²) in [5.74, 6) is -0.538. The van der Waals surface area contributed by atoms with Crippen LogP contribution in [0.4, 0.5) is 0 Å². The van der Waals surface area contributed by atoms with E-state index in [4.69, 9.17) is 4.74 Å². The molecule has 1 rings (SSSR count). The second kappa shape index (κ2) is 7.53. The molecule has 0 aliphatic carbocycles. The first kappa shape index (κ1) is 17.6. The standard InChI is InChI=1S/C14H21NO5S/c1-4-20-14(17)11-5-7-12(8-6-11)21(18,19)15-9-13(16)10(2)3/h5-8,10,13,15-16H,4,9H2,1-3H3. The molecule has 0 saturated carbocycles. The summed E-state index contributed by atoms with van der Waals surface area (Å²) >= 11 is 0. The highest BCUT2D eigenvalue weighted by molar-refractivity contribution is 7.89. The molecule has 0 aromatic heterocycles. The van der Waals surface area contributed by atoms with E-state index in [0.29, 0.717) is 0 Å². The number of rotatable bonds is 7. The van der Waals surface area contributed by atoms with Gasteiger partial charge in [0.05, 0.1) is 23.2 Å². The van der Waals surface area contributed by atoms with Gasteiger partial charge in [0.2, 0.25) is 10.0 Å². The van der Waals surface area contributed by atoms with Gasteiger partial charge in [0, 0.05) is 6.54 Å². The van der Waals surface area contributed by atoms with Crippen LogP contribution < -0.4 is 4.72 Å². The van der Waals surface area contributed by atoms with Crippen LogP contribution in [0.5, 0.6) is 0 Å². The number of carbonyl (C=O) groups is 1. The van der Waals surface area contributed by atoms with Gasteiger partial charge >= 0.3 is 5.97 Å². The van der Waals surface area contributed by atoms with E-state index in [1.54, 1.807) is 20.8 Å². The van der Waals surface area contributed by atoms with Gasteiger partial charge in [0.15, 0.2) is 0 Å². The molecule has 0 saturated heterocycles. The number of ether oxygens (including phenoxy) is 1. The Bertz CT molecular complexity index is 566. The highest BCUT2D eigenvalue weighted by Gasteiger charge is 2.18. The molecular formula is C14H21NO5S. The van der Waals surface area contributed by atoms with Gasteiger partial charge in [0.25, 0.3) is 0 Å². The molecule has 1 aromatic rings. The third-order valence-corrected chi connectivity index (χ3v) is 4.37. The minimum Gasteiger partial charge on any atom is -0.462 e. The zero-order valence-corrected chi connectivity index (χ0v) is 13.2. The molecule has 118 valence electrons. The molecule has 21 heavy (non-hydrogen) atoms. The van der Waals surface area contributed by atoms with Crippen molar-refractivity contribution < 1.29 is 23.1 Å². The lowest BCUT2D eigenvalue weighted by Gasteiger charge is -2.15. The van der Waals surface area contributed by atoms with Crippen molar-refractivity contribution in [3.63, 3.8) is 0 Å². The van der Waals surface area contributed by atoms with Gasteiger partial charge in [-0.15, -0.1) is 0 Å². The lowest BCUT2D eigenvalue weighted by atomic mass is 10.1.